The van der Waals surface area contributed by atoms with Crippen LogP contribution in [0, 0.1) is 0 Å². The van der Waals surface area contributed by atoms with Crippen molar-refractivity contribution in [1.82, 2.24) is 10.6 Å². The second-order valence-corrected chi connectivity index (χ2v) is 6.52. The van der Waals surface area contributed by atoms with E-state index in [0.717, 1.165) is 5.56 Å². The van der Waals surface area contributed by atoms with Gasteiger partial charge >= 0.3 is 12.0 Å². The number of esters is 1. The molecule has 0 fully saturated rings. The third-order valence-corrected chi connectivity index (χ3v) is 3.39. The number of nitrogens with one attached hydrogen (secondary N) is 2. The highest BCUT2D eigenvalue weighted by Crippen LogP contribution is 2.22. The largest absolute Gasteiger partial charge is 0.456 e. The first kappa shape index (κ1) is 19.7. The maximum Gasteiger partial charge on any atom is 0.321 e. The molecule has 1 aromatic carbocycles. The summed E-state index contributed by atoms with van der Waals surface area (Å²) in [4.78, 5) is 34.2. The summed E-state index contributed by atoms with van der Waals surface area (Å²) in [5.41, 5.74) is 2.36. The molecule has 0 unspecified atom stereocenters. The van der Waals surface area contributed by atoms with E-state index in [-0.39, 0.29) is 11.8 Å². The second kappa shape index (κ2) is 9.05. The maximum absolute atomic E-state index is 11.7. The fourth-order valence-electron chi connectivity index (χ4n) is 2.00. The topological polar surface area (TPSA) is 84.5 Å². The third-order valence-electron chi connectivity index (χ3n) is 3.39. The van der Waals surface area contributed by atoms with E-state index in [0.29, 0.717) is 13.0 Å². The summed E-state index contributed by atoms with van der Waals surface area (Å²) >= 11 is 0. The van der Waals surface area contributed by atoms with Crippen molar-refractivity contribution >= 4 is 17.9 Å². The molecule has 0 saturated carbocycles. The van der Waals surface area contributed by atoms with Gasteiger partial charge in [0.25, 0.3) is 5.91 Å². The molecule has 0 saturated heterocycles. The molecule has 2 N–H and O–H groups in total. The van der Waals surface area contributed by atoms with Gasteiger partial charge in [-0.1, -0.05) is 45.0 Å². The summed E-state index contributed by atoms with van der Waals surface area (Å²) < 4.78 is 4.85. The minimum Gasteiger partial charge on any atom is -0.456 e. The van der Waals surface area contributed by atoms with Gasteiger partial charge in [-0.05, 0) is 29.9 Å². The van der Waals surface area contributed by atoms with Crippen LogP contribution in [0.2, 0.25) is 0 Å². The number of hydrogen-bond acceptors (Lipinski definition) is 4. The van der Waals surface area contributed by atoms with E-state index >= 15 is 0 Å². The highest BCUT2D eigenvalue weighted by atomic mass is 16.5. The van der Waals surface area contributed by atoms with E-state index in [2.05, 4.69) is 43.5 Å². The van der Waals surface area contributed by atoms with Crippen molar-refractivity contribution in [2.24, 2.45) is 0 Å². The molecule has 3 amide bonds. The molecular formula is C18H26N2O4. The number of carbonyl (C=O) groups is 3. The number of urea groups is 1. The SMILES string of the molecule is CCNC(=O)NC(=O)COC(=O)CCc1ccc(C(C)(C)C)cc1. The van der Waals surface area contributed by atoms with Crippen molar-refractivity contribution in [2.75, 3.05) is 13.2 Å². The van der Waals surface area contributed by atoms with Crippen molar-refractivity contribution in [2.45, 2.75) is 46.0 Å². The molecular weight excluding hydrogens is 308 g/mol. The lowest BCUT2D eigenvalue weighted by Gasteiger charge is -2.19. The van der Waals surface area contributed by atoms with E-state index in [1.165, 1.54) is 5.56 Å². The number of aryl methyl sites for hydroxylation is 1. The van der Waals surface area contributed by atoms with Crippen molar-refractivity contribution in [3.8, 4) is 0 Å². The molecule has 0 heterocycles. The average Bonchev–Trinajstić information content (AvgIpc) is 2.50. The Labute approximate surface area is 143 Å². The van der Waals surface area contributed by atoms with Crippen LogP contribution in [0.4, 0.5) is 4.79 Å². The number of ether oxygens (including phenoxy) is 1. The van der Waals surface area contributed by atoms with Crippen LogP contribution in [-0.2, 0) is 26.2 Å². The second-order valence-electron chi connectivity index (χ2n) is 6.52. The smallest absolute Gasteiger partial charge is 0.321 e. The zero-order valence-corrected chi connectivity index (χ0v) is 14.8. The summed E-state index contributed by atoms with van der Waals surface area (Å²) in [6.45, 7) is 8.12. The van der Waals surface area contributed by atoms with E-state index in [4.69, 9.17) is 4.74 Å². The zero-order valence-electron chi connectivity index (χ0n) is 14.8. The number of hydrogen-bond donors (Lipinski definition) is 2. The van der Waals surface area contributed by atoms with Crippen molar-refractivity contribution in [3.05, 3.63) is 35.4 Å². The van der Waals surface area contributed by atoms with Gasteiger partial charge in [0.2, 0.25) is 0 Å². The Balaban J connectivity index is 2.33. The Kier molecular flexibility index (Phi) is 7.42. The lowest BCUT2D eigenvalue weighted by Crippen LogP contribution is -2.41. The number of carbonyl (C=O) groups excluding carboxylic acids is 3. The first-order chi connectivity index (χ1) is 11.2. The quantitative estimate of drug-likeness (QED) is 0.782. The van der Waals surface area contributed by atoms with Gasteiger partial charge < -0.3 is 10.1 Å². The monoisotopic (exact) mass is 334 g/mol. The van der Waals surface area contributed by atoms with E-state index < -0.39 is 24.5 Å². The molecule has 6 heteroatoms. The lowest BCUT2D eigenvalue weighted by atomic mass is 9.86. The third kappa shape index (κ3) is 7.26. The Morgan fingerprint density at radius 2 is 1.71 bits per heavy atom. The fourth-order valence-corrected chi connectivity index (χ4v) is 2.00. The van der Waals surface area contributed by atoms with Crippen LogP contribution >= 0.6 is 0 Å². The molecule has 0 spiro atoms. The molecule has 0 aliphatic heterocycles. The van der Waals surface area contributed by atoms with Crippen molar-refractivity contribution in [1.29, 1.82) is 0 Å². The standard InChI is InChI=1S/C18H26N2O4/c1-5-19-17(23)20-15(21)12-24-16(22)11-8-13-6-9-14(10-7-13)18(2,3)4/h6-7,9-10H,5,8,11-12H2,1-4H3,(H2,19,20,21,23). The molecule has 0 bridgehead atoms. The lowest BCUT2D eigenvalue weighted by molar-refractivity contribution is -0.148. The summed E-state index contributed by atoms with van der Waals surface area (Å²) in [7, 11) is 0. The van der Waals surface area contributed by atoms with E-state index in [1.807, 2.05) is 12.1 Å². The summed E-state index contributed by atoms with van der Waals surface area (Å²) in [5.74, 6) is -1.12. The van der Waals surface area contributed by atoms with E-state index in [9.17, 15) is 14.4 Å². The van der Waals surface area contributed by atoms with Crippen LogP contribution in [0.1, 0.15) is 45.2 Å². The van der Waals surface area contributed by atoms with E-state index in [1.54, 1.807) is 6.92 Å². The van der Waals surface area contributed by atoms with Gasteiger partial charge in [-0.15, -0.1) is 0 Å². The van der Waals surface area contributed by atoms with Crippen LogP contribution in [-0.4, -0.2) is 31.1 Å². The zero-order chi connectivity index (χ0) is 18.2. The molecule has 6 nitrogen and oxygen atoms in total. The molecule has 132 valence electrons. The molecule has 1 rings (SSSR count). The fraction of sp³-hybridized carbons (Fsp3) is 0.500. The molecule has 1 aromatic rings. The number of imide groups is 1. The summed E-state index contributed by atoms with van der Waals surface area (Å²) in [5, 5.41) is 4.48. The van der Waals surface area contributed by atoms with Gasteiger partial charge in [0.1, 0.15) is 0 Å². The Morgan fingerprint density at radius 3 is 2.25 bits per heavy atom. The van der Waals surface area contributed by atoms with Crippen molar-refractivity contribution in [3.63, 3.8) is 0 Å². The molecule has 0 atom stereocenters. The van der Waals surface area contributed by atoms with Crippen molar-refractivity contribution < 1.29 is 19.1 Å². The molecule has 24 heavy (non-hydrogen) atoms. The molecule has 0 aliphatic carbocycles. The maximum atomic E-state index is 11.7. The minimum absolute atomic E-state index is 0.0922. The summed E-state index contributed by atoms with van der Waals surface area (Å²) in [6.07, 6.45) is 0.727. The van der Waals surface area contributed by atoms with Gasteiger partial charge in [0, 0.05) is 13.0 Å². The van der Waals surface area contributed by atoms with Crippen LogP contribution in [0.15, 0.2) is 24.3 Å². The first-order valence-corrected chi connectivity index (χ1v) is 8.05. The highest BCUT2D eigenvalue weighted by Gasteiger charge is 2.13. The Bertz CT molecular complexity index is 574. The highest BCUT2D eigenvalue weighted by molar-refractivity contribution is 5.95. The Morgan fingerprint density at radius 1 is 1.08 bits per heavy atom. The average molecular weight is 334 g/mol. The molecule has 0 aliphatic rings. The van der Waals surface area contributed by atoms with Crippen LogP contribution < -0.4 is 10.6 Å². The van der Waals surface area contributed by atoms with Crippen LogP contribution in [0.25, 0.3) is 0 Å². The van der Waals surface area contributed by atoms with Gasteiger partial charge in [-0.25, -0.2) is 4.79 Å². The normalized spacial score (nSPS) is 10.8. The summed E-state index contributed by atoms with van der Waals surface area (Å²) in [6, 6.07) is 7.50. The number of rotatable bonds is 6. The molecule has 0 aromatic heterocycles. The van der Waals surface area contributed by atoms with Gasteiger partial charge in [0.15, 0.2) is 6.61 Å². The minimum atomic E-state index is -0.649. The predicted molar refractivity (Wildman–Crippen MR) is 91.6 cm³/mol. The van der Waals surface area contributed by atoms with Gasteiger partial charge in [-0.3, -0.25) is 14.9 Å². The predicted octanol–water partition coefficient (Wildman–Crippen LogP) is 2.31. The van der Waals surface area contributed by atoms with Gasteiger partial charge in [-0.2, -0.15) is 0 Å². The van der Waals surface area contributed by atoms with Crippen LogP contribution in [0.3, 0.4) is 0 Å². The Hall–Kier alpha value is -2.37. The number of benzene rings is 1. The first-order valence-electron chi connectivity index (χ1n) is 8.05. The van der Waals surface area contributed by atoms with Crippen LogP contribution in [0.5, 0.6) is 0 Å². The van der Waals surface area contributed by atoms with Gasteiger partial charge in [0.05, 0.1) is 0 Å². The number of amides is 3. The molecule has 0 radical (unpaired) electrons.